The van der Waals surface area contributed by atoms with Gasteiger partial charge in [-0.25, -0.2) is 4.98 Å². The summed E-state index contributed by atoms with van der Waals surface area (Å²) in [5, 5.41) is 8.67. The third-order valence-electron chi connectivity index (χ3n) is 2.10. The van der Waals surface area contributed by atoms with Crippen LogP contribution in [0.2, 0.25) is 0 Å². The van der Waals surface area contributed by atoms with Crippen LogP contribution in [0.4, 0.5) is 0 Å². The van der Waals surface area contributed by atoms with E-state index in [-0.39, 0.29) is 12.3 Å². The fourth-order valence-corrected chi connectivity index (χ4v) is 1.81. The first-order valence-electron chi connectivity index (χ1n) is 4.18. The van der Waals surface area contributed by atoms with E-state index in [1.807, 2.05) is 0 Å². The van der Waals surface area contributed by atoms with E-state index in [1.165, 1.54) is 0 Å². The normalized spacial score (nSPS) is 18.8. The van der Waals surface area contributed by atoms with Crippen molar-refractivity contribution in [2.45, 2.75) is 12.3 Å². The molecule has 1 N–H and O–H groups in total. The lowest BCUT2D eigenvalue weighted by Gasteiger charge is -2.03. The number of nitrogens with zero attached hydrogens (tertiary/aromatic N) is 1. The van der Waals surface area contributed by atoms with Crippen LogP contribution in [0.25, 0.3) is 0 Å². The molecule has 0 saturated heterocycles. The quantitative estimate of drug-likeness (QED) is 0.821. The zero-order valence-electron chi connectivity index (χ0n) is 7.24. The van der Waals surface area contributed by atoms with Crippen LogP contribution in [-0.2, 0) is 4.79 Å². The summed E-state index contributed by atoms with van der Waals surface area (Å²) in [4.78, 5) is 14.8. The predicted octanol–water partition coefficient (Wildman–Crippen LogP) is 1.79. The first kappa shape index (κ1) is 9.45. The second kappa shape index (κ2) is 3.57. The van der Waals surface area contributed by atoms with Gasteiger partial charge in [-0.2, -0.15) is 0 Å². The number of ether oxygens (including phenoxy) is 1. The van der Waals surface area contributed by atoms with Crippen LogP contribution in [0, 0.1) is 0 Å². The Balaban J connectivity index is 2.28. The lowest BCUT2D eigenvalue weighted by molar-refractivity contribution is -0.137. The smallest absolute Gasteiger partial charge is 0.304 e. The van der Waals surface area contributed by atoms with E-state index in [9.17, 15) is 4.79 Å². The van der Waals surface area contributed by atoms with Gasteiger partial charge in [0.2, 0.25) is 0 Å². The van der Waals surface area contributed by atoms with Crippen LogP contribution in [-0.4, -0.2) is 22.7 Å². The van der Waals surface area contributed by atoms with E-state index in [1.54, 1.807) is 12.1 Å². The summed E-state index contributed by atoms with van der Waals surface area (Å²) in [5.41, 5.74) is 0.738. The van der Waals surface area contributed by atoms with Gasteiger partial charge in [-0.05, 0) is 28.1 Å². The minimum atomic E-state index is -0.826. The SMILES string of the molecule is O=C(O)CC1COc2ccc(Br)nc21. The molecular weight excluding hydrogens is 250 g/mol. The van der Waals surface area contributed by atoms with Crippen molar-refractivity contribution in [3.8, 4) is 5.75 Å². The maximum atomic E-state index is 10.6. The van der Waals surface area contributed by atoms with Crippen molar-refractivity contribution >= 4 is 21.9 Å². The van der Waals surface area contributed by atoms with Gasteiger partial charge in [0.25, 0.3) is 0 Å². The Hall–Kier alpha value is -1.10. The highest BCUT2D eigenvalue weighted by molar-refractivity contribution is 9.10. The van der Waals surface area contributed by atoms with E-state index in [0.29, 0.717) is 17.0 Å². The minimum absolute atomic E-state index is 0.0659. The average Bonchev–Trinajstić information content (AvgIpc) is 2.47. The van der Waals surface area contributed by atoms with E-state index in [2.05, 4.69) is 20.9 Å². The monoisotopic (exact) mass is 257 g/mol. The van der Waals surface area contributed by atoms with E-state index >= 15 is 0 Å². The van der Waals surface area contributed by atoms with Crippen LogP contribution >= 0.6 is 15.9 Å². The number of pyridine rings is 1. The van der Waals surface area contributed by atoms with Crippen molar-refractivity contribution in [2.75, 3.05) is 6.61 Å². The molecule has 0 fully saturated rings. The van der Waals surface area contributed by atoms with Crippen LogP contribution in [0.1, 0.15) is 18.0 Å². The highest BCUT2D eigenvalue weighted by Crippen LogP contribution is 2.34. The third-order valence-corrected chi connectivity index (χ3v) is 2.54. The van der Waals surface area contributed by atoms with Crippen molar-refractivity contribution in [2.24, 2.45) is 0 Å². The molecule has 1 aromatic heterocycles. The zero-order valence-corrected chi connectivity index (χ0v) is 8.82. The van der Waals surface area contributed by atoms with Gasteiger partial charge in [-0.1, -0.05) is 0 Å². The Morgan fingerprint density at radius 2 is 2.50 bits per heavy atom. The van der Waals surface area contributed by atoms with E-state index in [0.717, 1.165) is 5.69 Å². The number of aliphatic carboxylic acids is 1. The molecule has 74 valence electrons. The third kappa shape index (κ3) is 1.72. The standard InChI is InChI=1S/C9H8BrNO3/c10-7-2-1-6-9(11-7)5(4-14-6)3-8(12)13/h1-2,5H,3-4H2,(H,12,13). The Kier molecular flexibility index (Phi) is 2.41. The Labute approximate surface area is 89.0 Å². The maximum absolute atomic E-state index is 10.6. The summed E-state index contributed by atoms with van der Waals surface area (Å²) in [6, 6.07) is 3.58. The highest BCUT2D eigenvalue weighted by Gasteiger charge is 2.27. The van der Waals surface area contributed by atoms with Crippen LogP contribution < -0.4 is 4.74 Å². The lowest BCUT2D eigenvalue weighted by atomic mass is 10.0. The summed E-state index contributed by atoms with van der Waals surface area (Å²) in [7, 11) is 0. The molecule has 0 saturated carbocycles. The van der Waals surface area contributed by atoms with Gasteiger partial charge >= 0.3 is 5.97 Å². The Bertz CT molecular complexity index is 380. The molecule has 4 nitrogen and oxygen atoms in total. The van der Waals surface area contributed by atoms with Crippen LogP contribution in [0.3, 0.4) is 0 Å². The fourth-order valence-electron chi connectivity index (χ4n) is 1.49. The van der Waals surface area contributed by atoms with E-state index in [4.69, 9.17) is 9.84 Å². The number of hydrogen-bond acceptors (Lipinski definition) is 3. The highest BCUT2D eigenvalue weighted by atomic mass is 79.9. The van der Waals surface area contributed by atoms with Crippen molar-refractivity contribution in [3.05, 3.63) is 22.4 Å². The van der Waals surface area contributed by atoms with Crippen molar-refractivity contribution in [1.29, 1.82) is 0 Å². The number of carbonyl (C=O) groups is 1. The first-order valence-corrected chi connectivity index (χ1v) is 4.97. The topological polar surface area (TPSA) is 59.4 Å². The molecule has 1 aromatic rings. The average molecular weight is 258 g/mol. The molecule has 0 aromatic carbocycles. The second-order valence-electron chi connectivity index (χ2n) is 3.12. The molecule has 0 aliphatic carbocycles. The summed E-state index contributed by atoms with van der Waals surface area (Å²) in [6.07, 6.45) is 0.0659. The molecule has 5 heteroatoms. The molecule has 1 atom stereocenters. The summed E-state index contributed by atoms with van der Waals surface area (Å²) >= 11 is 3.24. The summed E-state index contributed by atoms with van der Waals surface area (Å²) < 4.78 is 6.03. The van der Waals surface area contributed by atoms with Gasteiger partial charge in [-0.3, -0.25) is 4.79 Å². The van der Waals surface area contributed by atoms with Crippen molar-refractivity contribution in [1.82, 2.24) is 4.98 Å². The van der Waals surface area contributed by atoms with Crippen LogP contribution in [0.5, 0.6) is 5.75 Å². The van der Waals surface area contributed by atoms with Crippen molar-refractivity contribution in [3.63, 3.8) is 0 Å². The number of carboxylic acids is 1. The lowest BCUT2D eigenvalue weighted by Crippen LogP contribution is -2.08. The second-order valence-corrected chi connectivity index (χ2v) is 3.94. The van der Waals surface area contributed by atoms with Gasteiger partial charge in [0.05, 0.1) is 18.7 Å². The van der Waals surface area contributed by atoms with Gasteiger partial charge in [0.1, 0.15) is 10.4 Å². The molecule has 0 spiro atoms. The number of fused-ring (bicyclic) bond motifs is 1. The van der Waals surface area contributed by atoms with Crippen molar-refractivity contribution < 1.29 is 14.6 Å². The Morgan fingerprint density at radius 1 is 1.71 bits per heavy atom. The maximum Gasteiger partial charge on any atom is 0.304 e. The molecule has 1 unspecified atom stereocenters. The fraction of sp³-hybridized carbons (Fsp3) is 0.333. The number of halogens is 1. The van der Waals surface area contributed by atoms with Gasteiger partial charge in [-0.15, -0.1) is 0 Å². The van der Waals surface area contributed by atoms with Gasteiger partial charge < -0.3 is 9.84 Å². The number of aromatic nitrogens is 1. The molecule has 0 bridgehead atoms. The van der Waals surface area contributed by atoms with Gasteiger partial charge in [0, 0.05) is 5.92 Å². The largest absolute Gasteiger partial charge is 0.491 e. The first-order chi connectivity index (χ1) is 6.66. The molecule has 1 aliphatic rings. The molecule has 0 radical (unpaired) electrons. The summed E-state index contributed by atoms with van der Waals surface area (Å²) in [5.74, 6) is -0.257. The molecule has 0 amide bonds. The number of hydrogen-bond donors (Lipinski definition) is 1. The van der Waals surface area contributed by atoms with E-state index < -0.39 is 5.97 Å². The molecule has 2 rings (SSSR count). The molecule has 2 heterocycles. The molecule has 1 aliphatic heterocycles. The number of rotatable bonds is 2. The molecular formula is C9H8BrNO3. The molecule has 14 heavy (non-hydrogen) atoms. The summed E-state index contributed by atoms with van der Waals surface area (Å²) in [6.45, 7) is 0.408. The number of carboxylic acid groups (broad SMARTS) is 1. The van der Waals surface area contributed by atoms with Gasteiger partial charge in [0.15, 0.2) is 0 Å². The van der Waals surface area contributed by atoms with Crippen LogP contribution in [0.15, 0.2) is 16.7 Å². The minimum Gasteiger partial charge on any atom is -0.491 e. The zero-order chi connectivity index (χ0) is 10.1. The Morgan fingerprint density at radius 3 is 3.21 bits per heavy atom. The predicted molar refractivity (Wildman–Crippen MR) is 52.4 cm³/mol.